The van der Waals surface area contributed by atoms with Crippen molar-refractivity contribution in [3.63, 3.8) is 0 Å². The zero-order chi connectivity index (χ0) is 10.7. The highest BCUT2D eigenvalue weighted by atomic mass is 16.5. The molecule has 0 bridgehead atoms. The number of allylic oxidation sites excluding steroid dienone is 1. The van der Waals surface area contributed by atoms with Gasteiger partial charge in [-0.3, -0.25) is 0 Å². The topological polar surface area (TPSA) is 29.5 Å². The zero-order valence-electron chi connectivity index (χ0n) is 8.87. The average Bonchev–Trinajstić information content (AvgIpc) is 2.20. The van der Waals surface area contributed by atoms with Crippen molar-refractivity contribution in [2.45, 2.75) is 19.8 Å². The number of benzene rings is 1. The van der Waals surface area contributed by atoms with Gasteiger partial charge in [0.05, 0.1) is 7.11 Å². The van der Waals surface area contributed by atoms with Crippen molar-refractivity contribution in [1.82, 2.24) is 0 Å². The maximum atomic E-state index is 9.82. The number of aromatic hydroxyl groups is 1. The lowest BCUT2D eigenvalue weighted by molar-refractivity contribution is 0.409. The van der Waals surface area contributed by atoms with Crippen LogP contribution in [0.25, 0.3) is 0 Å². The van der Waals surface area contributed by atoms with Crippen molar-refractivity contribution in [3.05, 3.63) is 35.9 Å². The van der Waals surface area contributed by atoms with E-state index in [4.69, 9.17) is 4.74 Å². The molecule has 2 nitrogen and oxygen atoms in total. The summed E-state index contributed by atoms with van der Waals surface area (Å²) in [7, 11) is 1.62. The lowest BCUT2D eigenvalue weighted by atomic mass is 9.97. The Hall–Kier alpha value is -1.44. The van der Waals surface area contributed by atoms with E-state index in [-0.39, 0.29) is 5.92 Å². The Bertz CT molecular complexity index is 342. The molecule has 0 heterocycles. The van der Waals surface area contributed by atoms with Gasteiger partial charge in [0.25, 0.3) is 0 Å². The average molecular weight is 192 g/mol. The van der Waals surface area contributed by atoms with E-state index in [1.54, 1.807) is 13.2 Å². The molecule has 1 atom stereocenters. The van der Waals surface area contributed by atoms with Crippen LogP contribution in [0.1, 0.15) is 24.0 Å². The van der Waals surface area contributed by atoms with Crippen LogP contribution < -0.4 is 4.74 Å². The zero-order valence-corrected chi connectivity index (χ0v) is 8.87. The van der Waals surface area contributed by atoms with Gasteiger partial charge < -0.3 is 9.84 Å². The highest BCUT2D eigenvalue weighted by molar-refractivity contribution is 5.48. The number of methoxy groups -OCH3 is 1. The fourth-order valence-electron chi connectivity index (χ4n) is 1.36. The van der Waals surface area contributed by atoms with E-state index in [2.05, 4.69) is 6.58 Å². The Morgan fingerprint density at radius 1 is 1.50 bits per heavy atom. The Labute approximate surface area is 84.8 Å². The summed E-state index contributed by atoms with van der Waals surface area (Å²) in [5, 5.41) is 9.82. The van der Waals surface area contributed by atoms with Gasteiger partial charge in [0.1, 0.15) is 11.5 Å². The fourth-order valence-corrected chi connectivity index (χ4v) is 1.36. The van der Waals surface area contributed by atoms with Crippen LogP contribution in [0.15, 0.2) is 24.8 Å². The van der Waals surface area contributed by atoms with Gasteiger partial charge in [-0.1, -0.05) is 13.0 Å². The quantitative estimate of drug-likeness (QED) is 0.746. The molecular formula is C12H16O2. The molecule has 0 fully saturated rings. The van der Waals surface area contributed by atoms with Crippen LogP contribution in [0.3, 0.4) is 0 Å². The molecule has 1 rings (SSSR count). The van der Waals surface area contributed by atoms with Gasteiger partial charge in [-0.25, -0.2) is 0 Å². The molecule has 76 valence electrons. The third kappa shape index (κ3) is 1.90. The summed E-state index contributed by atoms with van der Waals surface area (Å²) in [4.78, 5) is 0. The summed E-state index contributed by atoms with van der Waals surface area (Å²) >= 11 is 0. The molecule has 0 aromatic heterocycles. The summed E-state index contributed by atoms with van der Waals surface area (Å²) < 4.78 is 5.14. The largest absolute Gasteiger partial charge is 0.507 e. The van der Waals surface area contributed by atoms with Gasteiger partial charge >= 0.3 is 0 Å². The smallest absolute Gasteiger partial charge is 0.122 e. The number of rotatable bonds is 3. The summed E-state index contributed by atoms with van der Waals surface area (Å²) in [6.45, 7) is 7.56. The SMILES string of the molecule is C=CC(C)c1cc(OC)cc(C)c1O. The van der Waals surface area contributed by atoms with E-state index in [1.807, 2.05) is 26.0 Å². The van der Waals surface area contributed by atoms with Crippen LogP contribution >= 0.6 is 0 Å². The predicted octanol–water partition coefficient (Wildman–Crippen LogP) is 3.00. The molecule has 0 saturated carbocycles. The van der Waals surface area contributed by atoms with E-state index < -0.39 is 0 Å². The van der Waals surface area contributed by atoms with Gasteiger partial charge in [-0.15, -0.1) is 6.58 Å². The van der Waals surface area contributed by atoms with Crippen molar-refractivity contribution < 1.29 is 9.84 Å². The van der Waals surface area contributed by atoms with Crippen molar-refractivity contribution in [2.75, 3.05) is 7.11 Å². The molecule has 0 saturated heterocycles. The highest BCUT2D eigenvalue weighted by Crippen LogP contribution is 2.33. The van der Waals surface area contributed by atoms with E-state index in [0.29, 0.717) is 5.75 Å². The molecule has 0 amide bonds. The van der Waals surface area contributed by atoms with Gasteiger partial charge in [0, 0.05) is 11.5 Å². The molecule has 1 aromatic carbocycles. The minimum atomic E-state index is 0.129. The summed E-state index contributed by atoms with van der Waals surface area (Å²) in [5.41, 5.74) is 1.69. The first-order valence-electron chi connectivity index (χ1n) is 4.60. The van der Waals surface area contributed by atoms with Crippen LogP contribution in [-0.2, 0) is 0 Å². The van der Waals surface area contributed by atoms with Crippen LogP contribution in [0, 0.1) is 6.92 Å². The highest BCUT2D eigenvalue weighted by Gasteiger charge is 2.11. The fraction of sp³-hybridized carbons (Fsp3) is 0.333. The molecule has 0 radical (unpaired) electrons. The van der Waals surface area contributed by atoms with E-state index >= 15 is 0 Å². The Morgan fingerprint density at radius 3 is 2.64 bits per heavy atom. The summed E-state index contributed by atoms with van der Waals surface area (Å²) in [6.07, 6.45) is 1.80. The molecule has 0 aliphatic rings. The maximum Gasteiger partial charge on any atom is 0.122 e. The molecule has 0 aliphatic carbocycles. The minimum Gasteiger partial charge on any atom is -0.507 e. The molecule has 2 heteroatoms. The normalized spacial score (nSPS) is 12.2. The summed E-state index contributed by atoms with van der Waals surface area (Å²) in [5.74, 6) is 1.23. The van der Waals surface area contributed by atoms with E-state index in [9.17, 15) is 5.11 Å². The number of hydrogen-bond acceptors (Lipinski definition) is 2. The van der Waals surface area contributed by atoms with Crippen molar-refractivity contribution >= 4 is 0 Å². The van der Waals surface area contributed by atoms with Gasteiger partial charge in [0.2, 0.25) is 0 Å². The number of ether oxygens (including phenoxy) is 1. The lowest BCUT2D eigenvalue weighted by Gasteiger charge is -2.13. The van der Waals surface area contributed by atoms with E-state index in [1.165, 1.54) is 0 Å². The second-order valence-corrected chi connectivity index (χ2v) is 3.41. The molecular weight excluding hydrogens is 176 g/mol. The van der Waals surface area contributed by atoms with Crippen LogP contribution in [0.5, 0.6) is 11.5 Å². The summed E-state index contributed by atoms with van der Waals surface area (Å²) in [6, 6.07) is 3.66. The first-order valence-corrected chi connectivity index (χ1v) is 4.60. The van der Waals surface area contributed by atoms with Crippen molar-refractivity contribution in [3.8, 4) is 11.5 Å². The lowest BCUT2D eigenvalue weighted by Crippen LogP contribution is -1.94. The van der Waals surface area contributed by atoms with Crippen molar-refractivity contribution in [2.24, 2.45) is 0 Å². The Kier molecular flexibility index (Phi) is 3.18. The molecule has 1 aromatic rings. The monoisotopic (exact) mass is 192 g/mol. The standard InChI is InChI=1S/C12H16O2/c1-5-8(2)11-7-10(14-4)6-9(3)12(11)13/h5-8,13H,1H2,2-4H3. The van der Waals surface area contributed by atoms with Crippen LogP contribution in [0.2, 0.25) is 0 Å². The van der Waals surface area contributed by atoms with Gasteiger partial charge in [-0.05, 0) is 24.6 Å². The second kappa shape index (κ2) is 4.18. The number of aryl methyl sites for hydroxylation is 1. The van der Waals surface area contributed by atoms with Gasteiger partial charge in [0.15, 0.2) is 0 Å². The molecule has 0 aliphatic heterocycles. The Balaban J connectivity index is 3.26. The maximum absolute atomic E-state index is 9.82. The first-order chi connectivity index (χ1) is 6.60. The number of hydrogen-bond donors (Lipinski definition) is 1. The molecule has 0 spiro atoms. The second-order valence-electron chi connectivity index (χ2n) is 3.41. The van der Waals surface area contributed by atoms with E-state index in [0.717, 1.165) is 16.9 Å². The number of phenolic OH excluding ortho intramolecular Hbond substituents is 1. The number of phenols is 1. The van der Waals surface area contributed by atoms with Crippen molar-refractivity contribution in [1.29, 1.82) is 0 Å². The van der Waals surface area contributed by atoms with Gasteiger partial charge in [-0.2, -0.15) is 0 Å². The molecule has 1 unspecified atom stereocenters. The molecule has 1 N–H and O–H groups in total. The van der Waals surface area contributed by atoms with Crippen LogP contribution in [0.4, 0.5) is 0 Å². The Morgan fingerprint density at radius 2 is 2.14 bits per heavy atom. The minimum absolute atomic E-state index is 0.129. The third-order valence-corrected chi connectivity index (χ3v) is 2.38. The third-order valence-electron chi connectivity index (χ3n) is 2.38. The molecule has 14 heavy (non-hydrogen) atoms. The first kappa shape index (κ1) is 10.6. The van der Waals surface area contributed by atoms with Crippen LogP contribution in [-0.4, -0.2) is 12.2 Å². The predicted molar refractivity (Wildman–Crippen MR) is 58.0 cm³/mol.